The maximum absolute atomic E-state index is 12.1. The topological polar surface area (TPSA) is 64.6 Å². The van der Waals surface area contributed by atoms with E-state index in [0.717, 1.165) is 45.3 Å². The van der Waals surface area contributed by atoms with Crippen LogP contribution in [0.15, 0.2) is 12.7 Å². The SMILES string of the molecule is C=CCN1CCC(NC(=O)NCC(C)(O)C2CCCCC2)CC1. The van der Waals surface area contributed by atoms with Crippen molar-refractivity contribution in [1.29, 1.82) is 0 Å². The number of hydrogen-bond donors (Lipinski definition) is 3. The van der Waals surface area contributed by atoms with Gasteiger partial charge in [-0.2, -0.15) is 0 Å². The molecule has 1 atom stereocenters. The summed E-state index contributed by atoms with van der Waals surface area (Å²) in [5, 5.41) is 16.5. The van der Waals surface area contributed by atoms with Gasteiger partial charge in [0.1, 0.15) is 0 Å². The van der Waals surface area contributed by atoms with Gasteiger partial charge in [0.15, 0.2) is 0 Å². The molecule has 1 aliphatic carbocycles. The van der Waals surface area contributed by atoms with Crippen molar-refractivity contribution >= 4 is 6.03 Å². The summed E-state index contributed by atoms with van der Waals surface area (Å²) in [5.41, 5.74) is -0.801. The Hall–Kier alpha value is -1.07. The van der Waals surface area contributed by atoms with E-state index in [1.54, 1.807) is 0 Å². The summed E-state index contributed by atoms with van der Waals surface area (Å²) in [6, 6.07) is 0.0824. The van der Waals surface area contributed by atoms with Gasteiger partial charge in [-0.15, -0.1) is 6.58 Å². The number of carbonyl (C=O) groups is 1. The first-order chi connectivity index (χ1) is 11.0. The van der Waals surface area contributed by atoms with Gasteiger partial charge in [-0.05, 0) is 38.5 Å². The second-order valence-electron chi connectivity index (χ2n) is 7.38. The van der Waals surface area contributed by atoms with Gasteiger partial charge in [0.25, 0.3) is 0 Å². The molecule has 5 nitrogen and oxygen atoms in total. The van der Waals surface area contributed by atoms with Crippen molar-refractivity contribution in [2.75, 3.05) is 26.2 Å². The standard InChI is InChI=1S/C18H33N3O2/c1-3-11-21-12-9-16(10-13-21)20-17(22)19-14-18(2,23)15-7-5-4-6-8-15/h3,15-16,23H,1,4-14H2,2H3,(H2,19,20,22). The minimum atomic E-state index is -0.801. The third-order valence-corrected chi connectivity index (χ3v) is 5.40. The smallest absolute Gasteiger partial charge is 0.315 e. The second-order valence-corrected chi connectivity index (χ2v) is 7.38. The summed E-state index contributed by atoms with van der Waals surface area (Å²) in [6.45, 7) is 8.87. The van der Waals surface area contributed by atoms with Crippen molar-refractivity contribution in [3.63, 3.8) is 0 Å². The molecule has 0 radical (unpaired) electrons. The summed E-state index contributed by atoms with van der Waals surface area (Å²) in [5.74, 6) is 0.304. The summed E-state index contributed by atoms with van der Waals surface area (Å²) >= 11 is 0. The minimum absolute atomic E-state index is 0.150. The van der Waals surface area contributed by atoms with Crippen LogP contribution in [0.25, 0.3) is 0 Å². The Morgan fingerprint density at radius 2 is 1.91 bits per heavy atom. The van der Waals surface area contributed by atoms with Crippen molar-refractivity contribution < 1.29 is 9.90 Å². The number of aliphatic hydroxyl groups is 1. The summed E-state index contributed by atoms with van der Waals surface area (Å²) in [6.07, 6.45) is 9.65. The van der Waals surface area contributed by atoms with E-state index in [-0.39, 0.29) is 12.1 Å². The Bertz CT molecular complexity index is 384. The first-order valence-corrected chi connectivity index (χ1v) is 9.11. The predicted molar refractivity (Wildman–Crippen MR) is 93.4 cm³/mol. The maximum atomic E-state index is 12.1. The minimum Gasteiger partial charge on any atom is -0.388 e. The Labute approximate surface area is 140 Å². The average Bonchev–Trinajstić information content (AvgIpc) is 2.56. The predicted octanol–water partition coefficient (Wildman–Crippen LogP) is 2.27. The Morgan fingerprint density at radius 1 is 1.26 bits per heavy atom. The van der Waals surface area contributed by atoms with Gasteiger partial charge in [0, 0.05) is 32.2 Å². The molecule has 1 unspecified atom stereocenters. The molecule has 0 aromatic rings. The van der Waals surface area contributed by atoms with Crippen molar-refractivity contribution in [3.05, 3.63) is 12.7 Å². The highest BCUT2D eigenvalue weighted by Crippen LogP contribution is 2.32. The summed E-state index contributed by atoms with van der Waals surface area (Å²) < 4.78 is 0. The fourth-order valence-electron chi connectivity index (χ4n) is 3.81. The number of hydrogen-bond acceptors (Lipinski definition) is 3. The molecule has 0 aromatic heterocycles. The van der Waals surface area contributed by atoms with E-state index in [0.29, 0.717) is 12.5 Å². The van der Waals surface area contributed by atoms with E-state index in [9.17, 15) is 9.90 Å². The number of rotatable bonds is 6. The molecular weight excluding hydrogens is 290 g/mol. The lowest BCUT2D eigenvalue weighted by Crippen LogP contribution is -2.52. The monoisotopic (exact) mass is 323 g/mol. The van der Waals surface area contributed by atoms with Gasteiger partial charge in [0.2, 0.25) is 0 Å². The van der Waals surface area contributed by atoms with E-state index >= 15 is 0 Å². The highest BCUT2D eigenvalue weighted by atomic mass is 16.3. The van der Waals surface area contributed by atoms with Gasteiger partial charge in [0.05, 0.1) is 5.60 Å². The van der Waals surface area contributed by atoms with Gasteiger partial charge in [-0.3, -0.25) is 4.90 Å². The van der Waals surface area contributed by atoms with Crippen LogP contribution in [0.5, 0.6) is 0 Å². The molecule has 2 aliphatic rings. The third-order valence-electron chi connectivity index (χ3n) is 5.40. The summed E-state index contributed by atoms with van der Waals surface area (Å²) in [7, 11) is 0. The highest BCUT2D eigenvalue weighted by Gasteiger charge is 2.33. The highest BCUT2D eigenvalue weighted by molar-refractivity contribution is 5.74. The molecule has 23 heavy (non-hydrogen) atoms. The number of nitrogens with one attached hydrogen (secondary N) is 2. The quantitative estimate of drug-likeness (QED) is 0.657. The number of carbonyl (C=O) groups excluding carboxylic acids is 1. The zero-order chi connectivity index (χ0) is 16.7. The Kier molecular flexibility index (Phi) is 6.90. The van der Waals surface area contributed by atoms with Crippen LogP contribution in [0.2, 0.25) is 0 Å². The van der Waals surface area contributed by atoms with E-state index in [1.807, 2.05) is 13.0 Å². The van der Waals surface area contributed by atoms with Crippen LogP contribution < -0.4 is 10.6 Å². The lowest BCUT2D eigenvalue weighted by atomic mass is 9.78. The van der Waals surface area contributed by atoms with Crippen molar-refractivity contribution in [2.24, 2.45) is 5.92 Å². The zero-order valence-electron chi connectivity index (χ0n) is 14.5. The molecular formula is C18H33N3O2. The van der Waals surface area contributed by atoms with Crippen LogP contribution in [-0.4, -0.2) is 53.9 Å². The van der Waals surface area contributed by atoms with Crippen LogP contribution in [0.3, 0.4) is 0 Å². The van der Waals surface area contributed by atoms with Gasteiger partial charge < -0.3 is 15.7 Å². The molecule has 2 amide bonds. The Morgan fingerprint density at radius 3 is 2.52 bits per heavy atom. The van der Waals surface area contributed by atoms with Crippen LogP contribution in [0.4, 0.5) is 4.79 Å². The average molecular weight is 323 g/mol. The Balaban J connectivity index is 1.67. The van der Waals surface area contributed by atoms with Gasteiger partial charge in [-0.1, -0.05) is 25.3 Å². The largest absolute Gasteiger partial charge is 0.388 e. The normalized spacial score (nSPS) is 23.9. The fraction of sp³-hybridized carbons (Fsp3) is 0.833. The first kappa shape index (κ1) is 18.3. The molecule has 2 rings (SSSR count). The van der Waals surface area contributed by atoms with Gasteiger partial charge >= 0.3 is 6.03 Å². The van der Waals surface area contributed by atoms with Crippen molar-refractivity contribution in [2.45, 2.75) is 63.5 Å². The zero-order valence-corrected chi connectivity index (χ0v) is 14.5. The van der Waals surface area contributed by atoms with E-state index < -0.39 is 5.60 Å². The van der Waals surface area contributed by atoms with Crippen molar-refractivity contribution in [3.8, 4) is 0 Å². The van der Waals surface area contributed by atoms with Crippen LogP contribution >= 0.6 is 0 Å². The molecule has 0 bridgehead atoms. The number of likely N-dealkylation sites (tertiary alicyclic amines) is 1. The molecule has 1 saturated heterocycles. The molecule has 0 spiro atoms. The number of piperidine rings is 1. The second kappa shape index (κ2) is 8.69. The lowest BCUT2D eigenvalue weighted by Gasteiger charge is -2.36. The van der Waals surface area contributed by atoms with E-state index in [1.165, 1.54) is 19.3 Å². The number of amides is 2. The molecule has 1 heterocycles. The van der Waals surface area contributed by atoms with Crippen molar-refractivity contribution in [1.82, 2.24) is 15.5 Å². The maximum Gasteiger partial charge on any atom is 0.315 e. The van der Waals surface area contributed by atoms with Gasteiger partial charge in [-0.25, -0.2) is 4.79 Å². The van der Waals surface area contributed by atoms with Crippen LogP contribution in [-0.2, 0) is 0 Å². The number of urea groups is 1. The lowest BCUT2D eigenvalue weighted by molar-refractivity contribution is -0.0131. The van der Waals surface area contributed by atoms with Crippen LogP contribution in [0, 0.1) is 5.92 Å². The number of nitrogens with zero attached hydrogens (tertiary/aromatic N) is 1. The molecule has 0 aromatic carbocycles. The van der Waals surface area contributed by atoms with E-state index in [4.69, 9.17) is 0 Å². The van der Waals surface area contributed by atoms with E-state index in [2.05, 4.69) is 22.1 Å². The fourth-order valence-corrected chi connectivity index (χ4v) is 3.81. The molecule has 3 N–H and O–H groups in total. The molecule has 5 heteroatoms. The molecule has 1 saturated carbocycles. The third kappa shape index (κ3) is 5.81. The first-order valence-electron chi connectivity index (χ1n) is 9.11. The summed E-state index contributed by atoms with van der Waals surface area (Å²) in [4.78, 5) is 14.4. The molecule has 132 valence electrons. The molecule has 1 aliphatic heterocycles. The molecule has 2 fully saturated rings. The van der Waals surface area contributed by atoms with Crippen LogP contribution in [0.1, 0.15) is 51.9 Å².